The molecule has 2 aromatic rings. The molecule has 0 spiro atoms. The Kier molecular flexibility index (Phi) is 4.46. The molecule has 0 heterocycles. The topological polar surface area (TPSA) is 40.5 Å². The third-order valence-corrected chi connectivity index (χ3v) is 3.59. The maximum atomic E-state index is 9.41. The fourth-order valence-electron chi connectivity index (χ4n) is 2.56. The summed E-state index contributed by atoms with van der Waals surface area (Å²) in [4.78, 5) is 0. The second-order valence-corrected chi connectivity index (χ2v) is 4.84. The lowest BCUT2D eigenvalue weighted by Crippen LogP contribution is -2.01. The first-order valence-corrected chi connectivity index (χ1v) is 6.90. The summed E-state index contributed by atoms with van der Waals surface area (Å²) in [5.74, 6) is 0.849. The SMILES string of the molecule is CC=C(c1ccc(O)cc1)C(CC)c1ccc(O)cc1. The molecule has 20 heavy (non-hydrogen) atoms. The van der Waals surface area contributed by atoms with E-state index in [9.17, 15) is 10.2 Å². The first kappa shape index (κ1) is 14.2. The standard InChI is InChI=1S/C18H20O2/c1-3-17(13-5-9-15(19)10-6-13)18(4-2)14-7-11-16(20)12-8-14/h3,5-12,18-20H,4H2,1-2H3. The number of rotatable bonds is 4. The van der Waals surface area contributed by atoms with Crippen LogP contribution in [0.2, 0.25) is 0 Å². The van der Waals surface area contributed by atoms with Crippen LogP contribution in [0.1, 0.15) is 37.3 Å². The normalized spacial score (nSPS) is 13.2. The Balaban J connectivity index is 2.38. The molecule has 2 N–H and O–H groups in total. The zero-order valence-electron chi connectivity index (χ0n) is 11.9. The molecule has 1 unspecified atom stereocenters. The highest BCUT2D eigenvalue weighted by atomic mass is 16.3. The Morgan fingerprint density at radius 2 is 1.45 bits per heavy atom. The second-order valence-electron chi connectivity index (χ2n) is 4.84. The number of phenolic OH excluding ortho intramolecular Hbond substituents is 2. The molecule has 0 aliphatic rings. The van der Waals surface area contributed by atoms with Crippen LogP contribution in [-0.2, 0) is 0 Å². The molecule has 2 aromatic carbocycles. The lowest BCUT2D eigenvalue weighted by Gasteiger charge is -2.20. The first-order chi connectivity index (χ1) is 9.65. The van der Waals surface area contributed by atoms with Gasteiger partial charge in [-0.2, -0.15) is 0 Å². The van der Waals surface area contributed by atoms with Crippen LogP contribution in [0.3, 0.4) is 0 Å². The van der Waals surface area contributed by atoms with Gasteiger partial charge in [-0.25, -0.2) is 0 Å². The molecule has 0 fully saturated rings. The Morgan fingerprint density at radius 3 is 1.90 bits per heavy atom. The zero-order valence-corrected chi connectivity index (χ0v) is 11.9. The molecule has 0 aliphatic carbocycles. The molecule has 2 heteroatoms. The van der Waals surface area contributed by atoms with Gasteiger partial charge in [-0.3, -0.25) is 0 Å². The lowest BCUT2D eigenvalue weighted by molar-refractivity contribution is 0.474. The van der Waals surface area contributed by atoms with Crippen molar-refractivity contribution in [1.29, 1.82) is 0 Å². The van der Waals surface area contributed by atoms with E-state index in [0.717, 1.165) is 12.0 Å². The molecule has 2 rings (SSSR count). The molecule has 0 saturated heterocycles. The average molecular weight is 268 g/mol. The number of allylic oxidation sites excluding steroid dienone is 2. The molecule has 0 amide bonds. The molecular weight excluding hydrogens is 248 g/mol. The van der Waals surface area contributed by atoms with E-state index in [-0.39, 0.29) is 17.4 Å². The molecular formula is C18H20O2. The van der Waals surface area contributed by atoms with Crippen molar-refractivity contribution in [3.05, 3.63) is 65.7 Å². The van der Waals surface area contributed by atoms with Crippen LogP contribution >= 0.6 is 0 Å². The van der Waals surface area contributed by atoms with E-state index >= 15 is 0 Å². The quantitative estimate of drug-likeness (QED) is 0.844. The van der Waals surface area contributed by atoms with Crippen molar-refractivity contribution in [2.75, 3.05) is 0 Å². The highest BCUT2D eigenvalue weighted by molar-refractivity contribution is 5.71. The minimum absolute atomic E-state index is 0.280. The number of phenols is 2. The maximum Gasteiger partial charge on any atom is 0.115 e. The zero-order chi connectivity index (χ0) is 14.5. The molecule has 0 aliphatic heterocycles. The fraction of sp³-hybridized carbons (Fsp3) is 0.222. The summed E-state index contributed by atoms with van der Waals surface area (Å²) in [5, 5.41) is 18.8. The highest BCUT2D eigenvalue weighted by Crippen LogP contribution is 2.35. The Hall–Kier alpha value is -2.22. The van der Waals surface area contributed by atoms with Crippen LogP contribution in [0, 0.1) is 0 Å². The lowest BCUT2D eigenvalue weighted by atomic mass is 9.84. The molecule has 0 radical (unpaired) electrons. The fourth-order valence-corrected chi connectivity index (χ4v) is 2.56. The van der Waals surface area contributed by atoms with E-state index in [2.05, 4.69) is 13.0 Å². The van der Waals surface area contributed by atoms with Gasteiger partial charge in [-0.05, 0) is 54.3 Å². The summed E-state index contributed by atoms with van der Waals surface area (Å²) < 4.78 is 0. The Labute approximate surface area is 120 Å². The van der Waals surface area contributed by atoms with Crippen LogP contribution < -0.4 is 0 Å². The van der Waals surface area contributed by atoms with Crippen molar-refractivity contribution in [2.45, 2.75) is 26.2 Å². The van der Waals surface area contributed by atoms with Gasteiger partial charge in [0.05, 0.1) is 0 Å². The summed E-state index contributed by atoms with van der Waals surface area (Å²) in [6.07, 6.45) is 3.10. The van der Waals surface area contributed by atoms with Gasteiger partial charge < -0.3 is 10.2 Å². The van der Waals surface area contributed by atoms with Gasteiger partial charge in [0.15, 0.2) is 0 Å². The minimum atomic E-state index is 0.280. The van der Waals surface area contributed by atoms with Gasteiger partial charge in [0.25, 0.3) is 0 Å². The molecule has 0 bridgehead atoms. The van der Waals surface area contributed by atoms with Gasteiger partial charge >= 0.3 is 0 Å². The first-order valence-electron chi connectivity index (χ1n) is 6.90. The maximum absolute atomic E-state index is 9.41. The Bertz CT molecular complexity index is 580. The van der Waals surface area contributed by atoms with E-state index in [4.69, 9.17) is 0 Å². The molecule has 0 saturated carbocycles. The van der Waals surface area contributed by atoms with Gasteiger partial charge in [0, 0.05) is 5.92 Å². The van der Waals surface area contributed by atoms with Gasteiger partial charge in [0.1, 0.15) is 11.5 Å². The summed E-state index contributed by atoms with van der Waals surface area (Å²) >= 11 is 0. The molecule has 1 atom stereocenters. The predicted molar refractivity (Wildman–Crippen MR) is 82.9 cm³/mol. The van der Waals surface area contributed by atoms with Crippen molar-refractivity contribution < 1.29 is 10.2 Å². The summed E-state index contributed by atoms with van der Waals surface area (Å²) in [5.41, 5.74) is 3.54. The Morgan fingerprint density at radius 1 is 0.950 bits per heavy atom. The third-order valence-electron chi connectivity index (χ3n) is 3.59. The summed E-state index contributed by atoms with van der Waals surface area (Å²) in [6, 6.07) is 14.7. The van der Waals surface area contributed by atoms with Crippen LogP contribution in [0.25, 0.3) is 5.57 Å². The minimum Gasteiger partial charge on any atom is -0.508 e. The van der Waals surface area contributed by atoms with Crippen molar-refractivity contribution in [1.82, 2.24) is 0 Å². The predicted octanol–water partition coefficient (Wildman–Crippen LogP) is 4.69. The largest absolute Gasteiger partial charge is 0.508 e. The van der Waals surface area contributed by atoms with E-state index in [0.29, 0.717) is 0 Å². The van der Waals surface area contributed by atoms with E-state index in [1.54, 1.807) is 24.3 Å². The third kappa shape index (κ3) is 3.02. The van der Waals surface area contributed by atoms with Crippen molar-refractivity contribution in [2.24, 2.45) is 0 Å². The van der Waals surface area contributed by atoms with Crippen LogP contribution in [0.4, 0.5) is 0 Å². The van der Waals surface area contributed by atoms with Crippen molar-refractivity contribution >= 4 is 5.57 Å². The number of aromatic hydroxyl groups is 2. The van der Waals surface area contributed by atoms with Gasteiger partial charge in [-0.1, -0.05) is 37.3 Å². The van der Waals surface area contributed by atoms with Crippen LogP contribution in [-0.4, -0.2) is 10.2 Å². The molecule has 2 nitrogen and oxygen atoms in total. The number of benzene rings is 2. The van der Waals surface area contributed by atoms with Crippen molar-refractivity contribution in [3.63, 3.8) is 0 Å². The smallest absolute Gasteiger partial charge is 0.115 e. The van der Waals surface area contributed by atoms with E-state index < -0.39 is 0 Å². The highest BCUT2D eigenvalue weighted by Gasteiger charge is 2.15. The number of hydrogen-bond donors (Lipinski definition) is 2. The summed E-state index contributed by atoms with van der Waals surface area (Å²) in [6.45, 7) is 4.19. The molecule has 0 aromatic heterocycles. The van der Waals surface area contributed by atoms with Gasteiger partial charge in [-0.15, -0.1) is 0 Å². The van der Waals surface area contributed by atoms with E-state index in [1.165, 1.54) is 11.1 Å². The van der Waals surface area contributed by atoms with E-state index in [1.807, 2.05) is 31.2 Å². The van der Waals surface area contributed by atoms with Crippen LogP contribution in [0.5, 0.6) is 11.5 Å². The monoisotopic (exact) mass is 268 g/mol. The number of hydrogen-bond acceptors (Lipinski definition) is 2. The van der Waals surface area contributed by atoms with Crippen LogP contribution in [0.15, 0.2) is 54.6 Å². The average Bonchev–Trinajstić information content (AvgIpc) is 2.47. The van der Waals surface area contributed by atoms with Crippen molar-refractivity contribution in [3.8, 4) is 11.5 Å². The second kappa shape index (κ2) is 6.29. The molecule has 104 valence electrons. The summed E-state index contributed by atoms with van der Waals surface area (Å²) in [7, 11) is 0. The van der Waals surface area contributed by atoms with Gasteiger partial charge in [0.2, 0.25) is 0 Å².